The van der Waals surface area contributed by atoms with Gasteiger partial charge in [0.1, 0.15) is 0 Å². The van der Waals surface area contributed by atoms with E-state index in [0.717, 1.165) is 5.57 Å². The molecule has 0 amide bonds. The Morgan fingerprint density at radius 1 is 1.57 bits per heavy atom. The first-order valence-electron chi connectivity index (χ1n) is 4.31. The predicted octanol–water partition coefficient (Wildman–Crippen LogP) is 2.41. The molecule has 0 aromatic heterocycles. The first-order chi connectivity index (χ1) is 6.57. The van der Waals surface area contributed by atoms with Gasteiger partial charge in [-0.15, -0.1) is 0 Å². The molecule has 1 rings (SSSR count). The zero-order valence-electron chi connectivity index (χ0n) is 8.38. The van der Waals surface area contributed by atoms with Gasteiger partial charge in [-0.25, -0.2) is 4.39 Å². The van der Waals surface area contributed by atoms with Crippen LogP contribution in [-0.2, 0) is 0 Å². The lowest BCUT2D eigenvalue weighted by molar-refractivity contribution is 0.383. The van der Waals surface area contributed by atoms with E-state index in [9.17, 15) is 4.39 Å². The number of rotatable bonds is 3. The second-order valence-electron chi connectivity index (χ2n) is 3.19. The van der Waals surface area contributed by atoms with Crippen molar-refractivity contribution in [2.45, 2.75) is 13.0 Å². The maximum Gasteiger partial charge on any atom is 0.170 e. The molecule has 76 valence electrons. The van der Waals surface area contributed by atoms with Gasteiger partial charge in [-0.2, -0.15) is 0 Å². The lowest BCUT2D eigenvalue weighted by Crippen LogP contribution is -2.13. The van der Waals surface area contributed by atoms with Crippen LogP contribution in [-0.4, -0.2) is 7.11 Å². The number of hydrogen-bond acceptors (Lipinski definition) is 2. The van der Waals surface area contributed by atoms with Crippen molar-refractivity contribution in [2.24, 2.45) is 5.73 Å². The number of nitrogens with two attached hydrogens (primary N) is 1. The summed E-state index contributed by atoms with van der Waals surface area (Å²) in [5.41, 5.74) is 6.90. The largest absolute Gasteiger partial charge is 0.494 e. The molecule has 2 nitrogen and oxygen atoms in total. The zero-order chi connectivity index (χ0) is 10.7. The fourth-order valence-corrected chi connectivity index (χ4v) is 1.19. The van der Waals surface area contributed by atoms with Crippen LogP contribution in [0, 0.1) is 5.82 Å². The number of ether oxygens (including phenoxy) is 1. The van der Waals surface area contributed by atoms with Crippen LogP contribution in [0.25, 0.3) is 0 Å². The van der Waals surface area contributed by atoms with Gasteiger partial charge >= 0.3 is 0 Å². The minimum absolute atomic E-state index is 0.208. The molecule has 1 unspecified atom stereocenters. The smallest absolute Gasteiger partial charge is 0.170 e. The Kier molecular flexibility index (Phi) is 3.25. The van der Waals surface area contributed by atoms with Gasteiger partial charge in [0.15, 0.2) is 11.6 Å². The van der Waals surface area contributed by atoms with Crippen LogP contribution in [0.5, 0.6) is 5.75 Å². The molecule has 14 heavy (non-hydrogen) atoms. The minimum atomic E-state index is -0.481. The second-order valence-corrected chi connectivity index (χ2v) is 3.19. The summed E-state index contributed by atoms with van der Waals surface area (Å²) in [4.78, 5) is 0. The van der Waals surface area contributed by atoms with Gasteiger partial charge in [-0.05, 0) is 13.0 Å². The molecule has 0 aliphatic carbocycles. The van der Waals surface area contributed by atoms with Crippen molar-refractivity contribution in [3.8, 4) is 5.75 Å². The van der Waals surface area contributed by atoms with E-state index in [1.54, 1.807) is 25.1 Å². The summed E-state index contributed by atoms with van der Waals surface area (Å²) in [7, 11) is 1.43. The Morgan fingerprint density at radius 2 is 2.21 bits per heavy atom. The molecule has 1 aromatic carbocycles. The Balaban J connectivity index is 3.15. The lowest BCUT2D eigenvalue weighted by atomic mass is 10.0. The van der Waals surface area contributed by atoms with Crippen LogP contribution >= 0.6 is 0 Å². The quantitative estimate of drug-likeness (QED) is 0.752. The molecule has 0 aliphatic rings. The first-order valence-corrected chi connectivity index (χ1v) is 4.31. The topological polar surface area (TPSA) is 35.2 Å². The highest BCUT2D eigenvalue weighted by Gasteiger charge is 2.14. The van der Waals surface area contributed by atoms with E-state index in [2.05, 4.69) is 6.58 Å². The van der Waals surface area contributed by atoms with Crippen LogP contribution in [0.3, 0.4) is 0 Å². The van der Waals surface area contributed by atoms with E-state index >= 15 is 0 Å². The standard InChI is InChI=1S/C11H14FNO/c1-7(2)11(13)8-5-4-6-9(14-3)10(8)12/h4-6,11H,1,13H2,2-3H3. The van der Waals surface area contributed by atoms with Crippen LogP contribution in [0.1, 0.15) is 18.5 Å². The summed E-state index contributed by atoms with van der Waals surface area (Å²) in [5, 5.41) is 0. The molecule has 0 saturated carbocycles. The molecular weight excluding hydrogens is 181 g/mol. The normalized spacial score (nSPS) is 12.3. The van der Waals surface area contributed by atoms with Crippen molar-refractivity contribution in [3.63, 3.8) is 0 Å². The third kappa shape index (κ3) is 1.93. The summed E-state index contributed by atoms with van der Waals surface area (Å²) in [5.74, 6) is -0.204. The van der Waals surface area contributed by atoms with E-state index in [-0.39, 0.29) is 5.75 Å². The summed E-state index contributed by atoms with van der Waals surface area (Å²) < 4.78 is 18.5. The summed E-state index contributed by atoms with van der Waals surface area (Å²) in [6.45, 7) is 5.46. The lowest BCUT2D eigenvalue weighted by Gasteiger charge is -2.14. The van der Waals surface area contributed by atoms with Crippen molar-refractivity contribution in [1.29, 1.82) is 0 Å². The number of methoxy groups -OCH3 is 1. The molecule has 0 spiro atoms. The molecule has 0 aliphatic heterocycles. The Bertz CT molecular complexity index is 349. The highest BCUT2D eigenvalue weighted by molar-refractivity contribution is 5.35. The third-order valence-corrected chi connectivity index (χ3v) is 2.08. The van der Waals surface area contributed by atoms with Gasteiger partial charge in [-0.1, -0.05) is 24.3 Å². The minimum Gasteiger partial charge on any atom is -0.494 e. The third-order valence-electron chi connectivity index (χ3n) is 2.08. The molecular formula is C11H14FNO. The Labute approximate surface area is 83.2 Å². The molecule has 3 heteroatoms. The van der Waals surface area contributed by atoms with Gasteiger partial charge in [0.2, 0.25) is 0 Å². The van der Waals surface area contributed by atoms with Gasteiger partial charge in [0.05, 0.1) is 13.2 Å². The van der Waals surface area contributed by atoms with Crippen LogP contribution in [0.4, 0.5) is 4.39 Å². The fraction of sp³-hybridized carbons (Fsp3) is 0.273. The molecule has 0 radical (unpaired) electrons. The number of benzene rings is 1. The van der Waals surface area contributed by atoms with Crippen molar-refractivity contribution < 1.29 is 9.13 Å². The molecule has 1 aromatic rings. The van der Waals surface area contributed by atoms with Crippen molar-refractivity contribution in [2.75, 3.05) is 7.11 Å². The van der Waals surface area contributed by atoms with E-state index in [0.29, 0.717) is 5.56 Å². The Morgan fingerprint density at radius 3 is 2.71 bits per heavy atom. The van der Waals surface area contributed by atoms with Crippen molar-refractivity contribution in [1.82, 2.24) is 0 Å². The maximum absolute atomic E-state index is 13.6. The highest BCUT2D eigenvalue weighted by atomic mass is 19.1. The first kappa shape index (κ1) is 10.7. The molecule has 0 heterocycles. The van der Waals surface area contributed by atoms with Gasteiger partial charge in [0.25, 0.3) is 0 Å². The molecule has 1 atom stereocenters. The SMILES string of the molecule is C=C(C)C(N)c1cccc(OC)c1F. The second kappa shape index (κ2) is 4.24. The predicted molar refractivity (Wildman–Crippen MR) is 54.7 cm³/mol. The van der Waals surface area contributed by atoms with Gasteiger partial charge in [-0.3, -0.25) is 0 Å². The maximum atomic E-state index is 13.6. The van der Waals surface area contributed by atoms with Crippen LogP contribution in [0.15, 0.2) is 30.4 Å². The average Bonchev–Trinajstić information content (AvgIpc) is 2.17. The summed E-state index contributed by atoms with van der Waals surface area (Å²) >= 11 is 0. The van der Waals surface area contributed by atoms with E-state index in [1.807, 2.05) is 0 Å². The molecule has 0 fully saturated rings. The summed E-state index contributed by atoms with van der Waals surface area (Å²) in [6.07, 6.45) is 0. The molecule has 0 saturated heterocycles. The fourth-order valence-electron chi connectivity index (χ4n) is 1.19. The zero-order valence-corrected chi connectivity index (χ0v) is 8.38. The monoisotopic (exact) mass is 195 g/mol. The van der Waals surface area contributed by atoms with Crippen molar-refractivity contribution >= 4 is 0 Å². The van der Waals surface area contributed by atoms with Gasteiger partial charge in [0, 0.05) is 5.56 Å². The summed E-state index contributed by atoms with van der Waals surface area (Å²) in [6, 6.07) is 4.42. The van der Waals surface area contributed by atoms with E-state index < -0.39 is 11.9 Å². The average molecular weight is 195 g/mol. The Hall–Kier alpha value is -1.35. The number of halogens is 1. The van der Waals surface area contributed by atoms with Gasteiger partial charge < -0.3 is 10.5 Å². The number of hydrogen-bond donors (Lipinski definition) is 1. The van der Waals surface area contributed by atoms with Crippen LogP contribution in [0.2, 0.25) is 0 Å². The van der Waals surface area contributed by atoms with Crippen molar-refractivity contribution in [3.05, 3.63) is 41.7 Å². The molecule has 0 bridgehead atoms. The van der Waals surface area contributed by atoms with Crippen LogP contribution < -0.4 is 10.5 Å². The van der Waals surface area contributed by atoms with E-state index in [1.165, 1.54) is 7.11 Å². The highest BCUT2D eigenvalue weighted by Crippen LogP contribution is 2.26. The molecule has 2 N–H and O–H groups in total. The van der Waals surface area contributed by atoms with E-state index in [4.69, 9.17) is 10.5 Å².